The fraction of sp³-hybridized carbons (Fsp3) is 0.0889. The molecule has 50 heavy (non-hydrogen) atoms. The predicted molar refractivity (Wildman–Crippen MR) is 203 cm³/mol. The van der Waals surface area contributed by atoms with Crippen LogP contribution in [-0.2, 0) is 19.5 Å². The molecule has 2 heterocycles. The summed E-state index contributed by atoms with van der Waals surface area (Å²) in [4.78, 5) is 23.1. The van der Waals surface area contributed by atoms with Crippen LogP contribution in [0.25, 0.3) is 67.2 Å². The van der Waals surface area contributed by atoms with Crippen LogP contribution in [0.4, 0.5) is 0 Å². The maximum Gasteiger partial charge on any atom is 0.328 e. The van der Waals surface area contributed by atoms with Gasteiger partial charge < -0.3 is 0 Å². The van der Waals surface area contributed by atoms with Crippen LogP contribution < -0.4 is 5.69 Å². The maximum absolute atomic E-state index is 12.7. The molecule has 1 aliphatic rings. The molecule has 1 unspecified atom stereocenters. The van der Waals surface area contributed by atoms with E-state index in [-0.39, 0.29) is 11.1 Å². The molecule has 5 nitrogen and oxygen atoms in total. The van der Waals surface area contributed by atoms with E-state index in [9.17, 15) is 4.79 Å². The average Bonchev–Trinajstić information content (AvgIpc) is 3.58. The quantitative estimate of drug-likeness (QED) is 0.187. The lowest BCUT2D eigenvalue weighted by atomic mass is 9.74. The molecule has 240 valence electrons. The van der Waals surface area contributed by atoms with Crippen LogP contribution in [0, 0.1) is 0 Å². The monoisotopic (exact) mass is 646 g/mol. The van der Waals surface area contributed by atoms with Gasteiger partial charge in [-0.3, -0.25) is 9.13 Å². The van der Waals surface area contributed by atoms with E-state index in [4.69, 9.17) is 9.97 Å². The molecule has 0 amide bonds. The number of hydrogen-bond acceptors (Lipinski definition) is 3. The molecule has 0 spiro atoms. The summed E-state index contributed by atoms with van der Waals surface area (Å²) in [6, 6.07) is 53.1. The molecular formula is C45H34N4O. The largest absolute Gasteiger partial charge is 0.328 e. The van der Waals surface area contributed by atoms with Gasteiger partial charge in [0.05, 0.1) is 22.4 Å². The summed E-state index contributed by atoms with van der Waals surface area (Å²) in [5, 5.41) is 0. The summed E-state index contributed by atoms with van der Waals surface area (Å²) < 4.78 is 3.42. The molecule has 9 rings (SSSR count). The predicted octanol–water partition coefficient (Wildman–Crippen LogP) is 9.67. The SMILES string of the molecule is Cn1c(=O)n(C)c2c(-c3ccc(-c4cc(-c5ccccc5)nc(-c5ccc6c(c5)C(C)(c5ccccc5)c5ccccc5-6)n4)cc3)cccc21. The third-order valence-corrected chi connectivity index (χ3v) is 10.5. The van der Waals surface area contributed by atoms with E-state index in [1.807, 2.05) is 44.4 Å². The summed E-state index contributed by atoms with van der Waals surface area (Å²) in [7, 11) is 3.65. The molecule has 0 saturated heterocycles. The molecular weight excluding hydrogens is 613 g/mol. The minimum Gasteiger partial charge on any atom is -0.295 e. The van der Waals surface area contributed by atoms with E-state index >= 15 is 0 Å². The van der Waals surface area contributed by atoms with Gasteiger partial charge in [-0.05, 0) is 58.5 Å². The Morgan fingerprint density at radius 1 is 0.500 bits per heavy atom. The first-order chi connectivity index (χ1) is 24.4. The highest BCUT2D eigenvalue weighted by molar-refractivity contribution is 5.93. The van der Waals surface area contributed by atoms with Crippen LogP contribution in [0.3, 0.4) is 0 Å². The summed E-state index contributed by atoms with van der Waals surface area (Å²) >= 11 is 0. The van der Waals surface area contributed by atoms with Gasteiger partial charge in [-0.1, -0.05) is 133 Å². The van der Waals surface area contributed by atoms with Crippen LogP contribution in [-0.4, -0.2) is 19.1 Å². The Balaban J connectivity index is 1.18. The second-order valence-electron chi connectivity index (χ2n) is 13.3. The molecule has 2 aromatic heterocycles. The summed E-state index contributed by atoms with van der Waals surface area (Å²) in [6.07, 6.45) is 0. The smallest absolute Gasteiger partial charge is 0.295 e. The Kier molecular flexibility index (Phi) is 6.78. The van der Waals surface area contributed by atoms with Crippen molar-refractivity contribution >= 4 is 11.0 Å². The highest BCUT2D eigenvalue weighted by Crippen LogP contribution is 2.53. The zero-order valence-electron chi connectivity index (χ0n) is 28.1. The molecule has 0 radical (unpaired) electrons. The number of para-hydroxylation sites is 1. The first kappa shape index (κ1) is 29.8. The van der Waals surface area contributed by atoms with Crippen LogP contribution >= 0.6 is 0 Å². The number of rotatable bonds is 5. The second kappa shape index (κ2) is 11.4. The number of aromatic nitrogens is 4. The molecule has 0 fully saturated rings. The van der Waals surface area contributed by atoms with Gasteiger partial charge in [0.15, 0.2) is 5.82 Å². The second-order valence-corrected chi connectivity index (χ2v) is 13.3. The van der Waals surface area contributed by atoms with E-state index < -0.39 is 0 Å². The lowest BCUT2D eigenvalue weighted by Gasteiger charge is -2.28. The average molecular weight is 647 g/mol. The van der Waals surface area contributed by atoms with E-state index in [2.05, 4.69) is 128 Å². The van der Waals surface area contributed by atoms with Gasteiger partial charge in [-0.2, -0.15) is 0 Å². The number of fused-ring (bicyclic) bond motifs is 4. The Labute approximate surface area is 290 Å². The van der Waals surface area contributed by atoms with Crippen LogP contribution in [0.5, 0.6) is 0 Å². The van der Waals surface area contributed by atoms with Crippen molar-refractivity contribution in [3.8, 4) is 56.2 Å². The number of imidazole rings is 1. The van der Waals surface area contributed by atoms with Gasteiger partial charge in [0.1, 0.15) is 0 Å². The molecule has 0 saturated carbocycles. The van der Waals surface area contributed by atoms with Gasteiger partial charge in [0, 0.05) is 41.8 Å². The highest BCUT2D eigenvalue weighted by atomic mass is 16.1. The normalized spacial score (nSPS) is 14.9. The zero-order chi connectivity index (χ0) is 34.0. The maximum atomic E-state index is 12.7. The van der Waals surface area contributed by atoms with E-state index in [1.54, 1.807) is 9.13 Å². The van der Waals surface area contributed by atoms with Crippen molar-refractivity contribution in [1.82, 2.24) is 19.1 Å². The number of hydrogen-bond donors (Lipinski definition) is 0. The minimum absolute atomic E-state index is 0.0365. The number of benzene rings is 6. The van der Waals surface area contributed by atoms with Crippen molar-refractivity contribution in [3.63, 3.8) is 0 Å². The Morgan fingerprint density at radius 3 is 1.82 bits per heavy atom. The van der Waals surface area contributed by atoms with E-state index in [1.165, 1.54) is 27.8 Å². The molecule has 6 aromatic carbocycles. The lowest BCUT2D eigenvalue weighted by Crippen LogP contribution is -2.22. The molecule has 0 N–H and O–H groups in total. The molecule has 5 heteroatoms. The molecule has 8 aromatic rings. The minimum atomic E-state index is -0.315. The van der Waals surface area contributed by atoms with Crippen molar-refractivity contribution in [2.24, 2.45) is 14.1 Å². The van der Waals surface area contributed by atoms with Gasteiger partial charge in [0.25, 0.3) is 0 Å². The third-order valence-electron chi connectivity index (χ3n) is 10.5. The van der Waals surface area contributed by atoms with Gasteiger partial charge in [-0.25, -0.2) is 14.8 Å². The molecule has 1 atom stereocenters. The Morgan fingerprint density at radius 2 is 1.08 bits per heavy atom. The van der Waals surface area contributed by atoms with E-state index in [0.29, 0.717) is 5.82 Å². The fourth-order valence-corrected chi connectivity index (χ4v) is 7.83. The van der Waals surface area contributed by atoms with Gasteiger partial charge in [-0.15, -0.1) is 0 Å². The topological polar surface area (TPSA) is 52.7 Å². The molecule has 1 aliphatic carbocycles. The Hall–Kier alpha value is -6.33. The first-order valence-electron chi connectivity index (χ1n) is 16.9. The first-order valence-corrected chi connectivity index (χ1v) is 16.9. The lowest BCUT2D eigenvalue weighted by molar-refractivity contribution is 0.714. The number of aryl methyl sites for hydroxylation is 2. The summed E-state index contributed by atoms with van der Waals surface area (Å²) in [5.41, 5.74) is 14.6. The standard InChI is InChI=1S/C45H34N4O/c1-45(33-15-8-5-9-16-33)37-19-11-10-17-35(37)36-26-25-32(27-38(36)45)43-46-39(30-13-6-4-7-14-30)28-40(47-43)31-23-21-29(22-24-31)34-18-12-20-41-42(34)49(3)44(50)48(41)2/h4-28H,1-3H3. The van der Waals surface area contributed by atoms with E-state index in [0.717, 1.165) is 50.2 Å². The van der Waals surface area contributed by atoms with Crippen LogP contribution in [0.1, 0.15) is 23.6 Å². The van der Waals surface area contributed by atoms with Crippen molar-refractivity contribution < 1.29 is 0 Å². The van der Waals surface area contributed by atoms with Crippen LogP contribution in [0.2, 0.25) is 0 Å². The van der Waals surface area contributed by atoms with Gasteiger partial charge >= 0.3 is 5.69 Å². The van der Waals surface area contributed by atoms with Crippen molar-refractivity contribution in [2.45, 2.75) is 12.3 Å². The zero-order valence-corrected chi connectivity index (χ0v) is 28.1. The summed E-state index contributed by atoms with van der Waals surface area (Å²) in [5.74, 6) is 0.684. The van der Waals surface area contributed by atoms with Crippen molar-refractivity contribution in [1.29, 1.82) is 0 Å². The van der Waals surface area contributed by atoms with Crippen molar-refractivity contribution in [2.75, 3.05) is 0 Å². The fourth-order valence-electron chi connectivity index (χ4n) is 7.83. The summed E-state index contributed by atoms with van der Waals surface area (Å²) in [6.45, 7) is 2.33. The number of nitrogens with zero attached hydrogens (tertiary/aromatic N) is 4. The highest BCUT2D eigenvalue weighted by Gasteiger charge is 2.40. The van der Waals surface area contributed by atoms with Crippen LogP contribution in [0.15, 0.2) is 156 Å². The van der Waals surface area contributed by atoms with Gasteiger partial charge in [0.2, 0.25) is 0 Å². The Bertz CT molecular complexity index is 2640. The third kappa shape index (κ3) is 4.51. The van der Waals surface area contributed by atoms with Crippen molar-refractivity contribution in [3.05, 3.63) is 179 Å². The molecule has 0 bridgehead atoms. The molecule has 0 aliphatic heterocycles.